The molecule has 1 aromatic heterocycles. The Morgan fingerprint density at radius 2 is 0.896 bits per heavy atom. The Kier molecular flexibility index (Phi) is 35.4. The van der Waals surface area contributed by atoms with E-state index in [-0.39, 0.29) is 37.4 Å². The third kappa shape index (κ3) is 38.2. The molecule has 67 heavy (non-hydrogen) atoms. The number of anilines is 3. The van der Waals surface area contributed by atoms with Gasteiger partial charge in [-0.25, -0.2) is 0 Å². The second kappa shape index (κ2) is 38.5. The Hall–Kier alpha value is -3.36. The van der Waals surface area contributed by atoms with Gasteiger partial charge < -0.3 is 65.9 Å². The van der Waals surface area contributed by atoms with Gasteiger partial charge in [0.05, 0.1) is 72.7 Å². The Labute approximate surface area is 403 Å². The lowest BCUT2D eigenvalue weighted by Gasteiger charge is -2.17. The summed E-state index contributed by atoms with van der Waals surface area (Å²) in [5.41, 5.74) is 11.9. The molecule has 20 nitrogen and oxygen atoms in total. The Morgan fingerprint density at radius 1 is 0.493 bits per heavy atom. The maximum atomic E-state index is 12.5. The first-order valence-corrected chi connectivity index (χ1v) is 31.9. The summed E-state index contributed by atoms with van der Waals surface area (Å²) in [6.45, 7) is 23.3. The van der Waals surface area contributed by atoms with Gasteiger partial charge in [-0.15, -0.1) is 0 Å². The number of carbonyl (C=O) groups excluding carboxylic acids is 4. The van der Waals surface area contributed by atoms with E-state index in [0.29, 0.717) is 130 Å². The first-order valence-electron chi connectivity index (χ1n) is 24.5. The average Bonchev–Trinajstić information content (AvgIpc) is 3.27. The van der Waals surface area contributed by atoms with Crippen LogP contribution < -0.4 is 32.7 Å². The largest absolute Gasteiger partial charge is 0.465 e. The normalized spacial score (nSPS) is 12.6. The number of ether oxygens (including phenoxy) is 7. The van der Waals surface area contributed by atoms with Gasteiger partial charge in [0.2, 0.25) is 23.8 Å². The van der Waals surface area contributed by atoms with Crippen molar-refractivity contribution in [2.75, 3.05) is 121 Å². The van der Waals surface area contributed by atoms with Gasteiger partial charge in [-0.1, -0.05) is 52.6 Å². The van der Waals surface area contributed by atoms with E-state index in [1.54, 1.807) is 0 Å². The minimum absolute atomic E-state index is 0.0829. The number of hydrogen-bond acceptors (Lipinski definition) is 19. The molecule has 388 valence electrons. The number of rotatable bonds is 45. The van der Waals surface area contributed by atoms with E-state index in [9.17, 15) is 19.2 Å². The molecule has 0 saturated carbocycles. The van der Waals surface area contributed by atoms with Gasteiger partial charge in [0, 0.05) is 68.2 Å². The summed E-state index contributed by atoms with van der Waals surface area (Å²) < 4.78 is 38.2. The molecule has 1 aromatic rings. The molecule has 0 aliphatic heterocycles. The number of esters is 2. The summed E-state index contributed by atoms with van der Waals surface area (Å²) in [7, 11) is -2.63. The number of ketones is 1. The molecule has 0 bridgehead atoms. The zero-order valence-corrected chi connectivity index (χ0v) is 44.1. The fourth-order valence-electron chi connectivity index (χ4n) is 5.66. The number of hydrogen-bond donors (Lipinski definition) is 6. The van der Waals surface area contributed by atoms with Crippen molar-refractivity contribution in [1.29, 1.82) is 0 Å². The van der Waals surface area contributed by atoms with Crippen molar-refractivity contribution in [2.24, 2.45) is 11.5 Å². The maximum absolute atomic E-state index is 12.5. The predicted octanol–water partition coefficient (Wildman–Crippen LogP) is 4.60. The number of nitrogens with two attached hydrogens (primary N) is 2. The summed E-state index contributed by atoms with van der Waals surface area (Å²) in [6.07, 6.45) is 6.11. The SMILES string of the molecule is CCCOCCOCCOCCOCCOCCNc1nc(NCCCCCC(=O)CC[C@H](N)C(=O)OCC[Si](C)(C)C)nc(NCCCCNC(=O)CC[C@H](N)C(=O)OCC[Si](C)(C)C)n1. The van der Waals surface area contributed by atoms with Crippen LogP contribution in [0.25, 0.3) is 0 Å². The van der Waals surface area contributed by atoms with Crippen molar-refractivity contribution in [1.82, 2.24) is 20.3 Å². The lowest BCUT2D eigenvalue weighted by Crippen LogP contribution is -2.35. The summed E-state index contributed by atoms with van der Waals surface area (Å²) in [4.78, 5) is 62.8. The monoisotopic (exact) mass is 988 g/mol. The van der Waals surface area contributed by atoms with Crippen LogP contribution in [0.15, 0.2) is 0 Å². The molecular formula is C45H89N9O11Si2. The lowest BCUT2D eigenvalue weighted by atomic mass is 10.0. The number of Topliss-reactive ketones (excluding diaryl/α,β-unsaturated/α-hetero) is 1. The highest BCUT2D eigenvalue weighted by Gasteiger charge is 2.20. The smallest absolute Gasteiger partial charge is 0.322 e. The lowest BCUT2D eigenvalue weighted by molar-refractivity contribution is -0.145. The van der Waals surface area contributed by atoms with Gasteiger partial charge in [-0.3, -0.25) is 19.2 Å². The van der Waals surface area contributed by atoms with Crippen LogP contribution in [-0.4, -0.2) is 172 Å². The molecule has 0 spiro atoms. The van der Waals surface area contributed by atoms with Gasteiger partial charge in [0.25, 0.3) is 0 Å². The number of nitrogens with one attached hydrogen (secondary N) is 4. The molecule has 0 saturated heterocycles. The quantitative estimate of drug-likeness (QED) is 0.0296. The van der Waals surface area contributed by atoms with Crippen LogP contribution in [0.2, 0.25) is 51.4 Å². The third-order valence-corrected chi connectivity index (χ3v) is 13.2. The number of aromatic nitrogens is 3. The molecule has 22 heteroatoms. The molecular weight excluding hydrogens is 899 g/mol. The van der Waals surface area contributed by atoms with Crippen LogP contribution in [-0.2, 0) is 52.3 Å². The van der Waals surface area contributed by atoms with Gasteiger partial charge in [-0.05, 0) is 57.0 Å². The highest BCUT2D eigenvalue weighted by Crippen LogP contribution is 2.13. The second-order valence-electron chi connectivity index (χ2n) is 18.8. The fraction of sp³-hybridized carbons (Fsp3) is 0.844. The van der Waals surface area contributed by atoms with Crippen molar-refractivity contribution in [3.8, 4) is 0 Å². The van der Waals surface area contributed by atoms with Crippen LogP contribution in [0.4, 0.5) is 17.8 Å². The van der Waals surface area contributed by atoms with Crippen LogP contribution in [0.5, 0.6) is 0 Å². The predicted molar refractivity (Wildman–Crippen MR) is 268 cm³/mol. The Bertz CT molecular complexity index is 1390. The molecule has 1 amide bonds. The molecule has 0 aliphatic carbocycles. The molecule has 0 aromatic carbocycles. The third-order valence-electron chi connectivity index (χ3n) is 9.84. The summed E-state index contributed by atoms with van der Waals surface area (Å²) in [5.74, 6) is 0.185. The number of carbonyl (C=O) groups is 4. The molecule has 8 N–H and O–H groups in total. The second-order valence-corrected chi connectivity index (χ2v) is 30.0. The van der Waals surface area contributed by atoms with Crippen LogP contribution in [0.1, 0.15) is 77.6 Å². The average molecular weight is 988 g/mol. The first kappa shape index (κ1) is 61.7. The molecule has 0 aliphatic rings. The Morgan fingerprint density at radius 3 is 1.36 bits per heavy atom. The molecule has 1 rings (SSSR count). The first-order chi connectivity index (χ1) is 32.0. The van der Waals surface area contributed by atoms with Gasteiger partial charge in [-0.2, -0.15) is 15.0 Å². The van der Waals surface area contributed by atoms with Crippen molar-refractivity contribution < 1.29 is 52.3 Å². The standard InChI is InChI=1S/C45H89N9O11Si2/c1-8-23-59-25-27-61-29-31-63-32-30-62-28-26-60-24-22-51-45-53-43(49-20-11-9-10-14-37(55)15-16-38(46)41(57)64-33-35-66(2,3)4)52-44(54-45)50-21-13-12-19-48-40(56)18-17-39(47)42(58)65-34-36-67(5,6)7/h38-39H,8-36,46-47H2,1-7H3,(H,48,56)(H3,49,50,51,52,53,54)/t38-,39-/m0/s1. The summed E-state index contributed by atoms with van der Waals surface area (Å²) >= 11 is 0. The number of amides is 1. The van der Waals surface area contributed by atoms with E-state index in [1.807, 2.05) is 0 Å². The number of nitrogens with zero attached hydrogens (tertiary/aromatic N) is 3. The fourth-order valence-corrected chi connectivity index (χ4v) is 7.09. The van der Waals surface area contributed by atoms with Crippen molar-refractivity contribution in [2.45, 2.75) is 141 Å². The molecule has 2 atom stereocenters. The minimum atomic E-state index is -1.32. The van der Waals surface area contributed by atoms with Crippen molar-refractivity contribution >= 4 is 57.6 Å². The van der Waals surface area contributed by atoms with E-state index in [0.717, 1.165) is 50.8 Å². The van der Waals surface area contributed by atoms with Crippen molar-refractivity contribution in [3.05, 3.63) is 0 Å². The van der Waals surface area contributed by atoms with Gasteiger partial charge in [0.1, 0.15) is 17.9 Å². The highest BCUT2D eigenvalue weighted by atomic mass is 28.3. The molecule has 0 radical (unpaired) electrons. The summed E-state index contributed by atoms with van der Waals surface area (Å²) in [5, 5.41) is 12.6. The minimum Gasteiger partial charge on any atom is -0.465 e. The summed E-state index contributed by atoms with van der Waals surface area (Å²) in [6, 6.07) is 0.145. The Balaban J connectivity index is 2.47. The van der Waals surface area contributed by atoms with Gasteiger partial charge in [0.15, 0.2) is 0 Å². The van der Waals surface area contributed by atoms with Crippen LogP contribution in [0.3, 0.4) is 0 Å². The molecule has 1 heterocycles. The van der Waals surface area contributed by atoms with Crippen molar-refractivity contribution in [3.63, 3.8) is 0 Å². The van der Waals surface area contributed by atoms with Gasteiger partial charge >= 0.3 is 11.9 Å². The van der Waals surface area contributed by atoms with E-state index < -0.39 is 40.2 Å². The maximum Gasteiger partial charge on any atom is 0.322 e. The van der Waals surface area contributed by atoms with E-state index in [2.05, 4.69) is 82.4 Å². The van der Waals surface area contributed by atoms with Crippen LogP contribution in [0, 0.1) is 0 Å². The highest BCUT2D eigenvalue weighted by molar-refractivity contribution is 6.76. The zero-order chi connectivity index (χ0) is 49.6. The van der Waals surface area contributed by atoms with Crippen LogP contribution >= 0.6 is 0 Å². The number of unbranched alkanes of at least 4 members (excludes halogenated alkanes) is 3. The molecule has 0 fully saturated rings. The van der Waals surface area contributed by atoms with E-state index in [1.165, 1.54) is 0 Å². The topological polar surface area (TPSA) is 272 Å². The zero-order valence-electron chi connectivity index (χ0n) is 42.1. The molecule has 0 unspecified atom stereocenters. The van der Waals surface area contributed by atoms with E-state index in [4.69, 9.17) is 44.6 Å². The van der Waals surface area contributed by atoms with E-state index >= 15 is 0 Å².